The van der Waals surface area contributed by atoms with Crippen LogP contribution in [-0.2, 0) is 13.0 Å². The van der Waals surface area contributed by atoms with Crippen LogP contribution in [0.25, 0.3) is 0 Å². The molecule has 0 unspecified atom stereocenters. The molecule has 2 aliphatic rings. The van der Waals surface area contributed by atoms with E-state index in [1.807, 2.05) is 0 Å². The number of fused-ring (bicyclic) bond motifs is 1. The number of benzene rings is 1. The standard InChI is InChI=1S/C17H26N2O/c20-12-11-19(16-7-2-1-3-8-16)13-15-6-4-5-14-9-10-18-17(14)15/h4-6,16,18,20H,1-3,7-13H2. The largest absolute Gasteiger partial charge is 0.395 e. The van der Waals surface area contributed by atoms with Crippen molar-refractivity contribution in [1.29, 1.82) is 0 Å². The summed E-state index contributed by atoms with van der Waals surface area (Å²) in [6, 6.07) is 7.31. The first-order valence-corrected chi connectivity index (χ1v) is 8.08. The van der Waals surface area contributed by atoms with Gasteiger partial charge in [-0.2, -0.15) is 0 Å². The number of rotatable bonds is 5. The van der Waals surface area contributed by atoms with E-state index in [0.29, 0.717) is 6.04 Å². The van der Waals surface area contributed by atoms with Crippen LogP contribution in [0.5, 0.6) is 0 Å². The fraction of sp³-hybridized carbons (Fsp3) is 0.647. The molecule has 1 aromatic rings. The molecule has 0 spiro atoms. The molecule has 2 N–H and O–H groups in total. The Hall–Kier alpha value is -1.06. The maximum atomic E-state index is 9.38. The Morgan fingerprint density at radius 2 is 2.05 bits per heavy atom. The molecule has 1 aromatic carbocycles. The van der Waals surface area contributed by atoms with Crippen molar-refractivity contribution in [3.05, 3.63) is 29.3 Å². The molecule has 0 amide bonds. The van der Waals surface area contributed by atoms with Gasteiger partial charge in [-0.15, -0.1) is 0 Å². The summed E-state index contributed by atoms with van der Waals surface area (Å²) in [6.07, 6.45) is 7.80. The Labute approximate surface area is 122 Å². The Bertz CT molecular complexity index is 441. The first-order chi connectivity index (χ1) is 9.88. The van der Waals surface area contributed by atoms with Crippen molar-refractivity contribution in [2.75, 3.05) is 25.0 Å². The van der Waals surface area contributed by atoms with Gasteiger partial charge in [-0.3, -0.25) is 4.90 Å². The molecule has 3 nitrogen and oxygen atoms in total. The van der Waals surface area contributed by atoms with Crippen LogP contribution in [0.2, 0.25) is 0 Å². The van der Waals surface area contributed by atoms with E-state index in [2.05, 4.69) is 28.4 Å². The molecule has 1 saturated carbocycles. The lowest BCUT2D eigenvalue weighted by Gasteiger charge is -2.34. The van der Waals surface area contributed by atoms with Gasteiger partial charge in [0.05, 0.1) is 6.61 Å². The highest BCUT2D eigenvalue weighted by Crippen LogP contribution is 2.30. The average Bonchev–Trinajstić information content (AvgIpc) is 2.97. The van der Waals surface area contributed by atoms with Crippen LogP contribution in [0, 0.1) is 0 Å². The maximum Gasteiger partial charge on any atom is 0.0558 e. The van der Waals surface area contributed by atoms with Crippen molar-refractivity contribution in [3.63, 3.8) is 0 Å². The third-order valence-electron chi connectivity index (χ3n) is 4.78. The zero-order valence-corrected chi connectivity index (χ0v) is 12.3. The fourth-order valence-corrected chi connectivity index (χ4v) is 3.73. The molecule has 1 aliphatic heterocycles. The molecule has 3 heteroatoms. The van der Waals surface area contributed by atoms with Gasteiger partial charge in [0.15, 0.2) is 0 Å². The number of aliphatic hydroxyl groups excluding tert-OH is 1. The summed E-state index contributed by atoms with van der Waals surface area (Å²) in [4.78, 5) is 2.49. The highest BCUT2D eigenvalue weighted by Gasteiger charge is 2.22. The topological polar surface area (TPSA) is 35.5 Å². The number of nitrogens with zero attached hydrogens (tertiary/aromatic N) is 1. The Morgan fingerprint density at radius 1 is 1.20 bits per heavy atom. The van der Waals surface area contributed by atoms with Gasteiger partial charge in [0.1, 0.15) is 0 Å². The Kier molecular flexibility index (Phi) is 4.58. The van der Waals surface area contributed by atoms with Crippen molar-refractivity contribution in [1.82, 2.24) is 4.90 Å². The maximum absolute atomic E-state index is 9.38. The van der Waals surface area contributed by atoms with E-state index in [4.69, 9.17) is 0 Å². The van der Waals surface area contributed by atoms with Gasteiger partial charge >= 0.3 is 0 Å². The molecule has 110 valence electrons. The van der Waals surface area contributed by atoms with E-state index in [1.54, 1.807) is 0 Å². The lowest BCUT2D eigenvalue weighted by atomic mass is 9.93. The third kappa shape index (κ3) is 2.99. The molecule has 1 fully saturated rings. The quantitative estimate of drug-likeness (QED) is 0.866. The second kappa shape index (κ2) is 6.59. The van der Waals surface area contributed by atoms with E-state index >= 15 is 0 Å². The SMILES string of the molecule is OCCN(Cc1cccc2c1NCC2)C1CCCCC1. The Morgan fingerprint density at radius 3 is 2.85 bits per heavy atom. The van der Waals surface area contributed by atoms with Gasteiger partial charge in [0.25, 0.3) is 0 Å². The van der Waals surface area contributed by atoms with E-state index in [-0.39, 0.29) is 6.61 Å². The highest BCUT2D eigenvalue weighted by atomic mass is 16.3. The summed E-state index contributed by atoms with van der Waals surface area (Å²) in [5.74, 6) is 0. The van der Waals surface area contributed by atoms with Crippen molar-refractivity contribution in [2.45, 2.75) is 51.1 Å². The summed E-state index contributed by atoms with van der Waals surface area (Å²) < 4.78 is 0. The van der Waals surface area contributed by atoms with Crippen LogP contribution in [0.15, 0.2) is 18.2 Å². The van der Waals surface area contributed by atoms with Crippen molar-refractivity contribution in [3.8, 4) is 0 Å². The van der Waals surface area contributed by atoms with Crippen LogP contribution >= 0.6 is 0 Å². The molecule has 0 saturated heterocycles. The predicted octanol–water partition coefficient (Wildman–Crippen LogP) is 2.78. The van der Waals surface area contributed by atoms with Gasteiger partial charge in [-0.25, -0.2) is 0 Å². The van der Waals surface area contributed by atoms with Crippen molar-refractivity contribution in [2.24, 2.45) is 0 Å². The zero-order valence-electron chi connectivity index (χ0n) is 12.3. The predicted molar refractivity (Wildman–Crippen MR) is 83.0 cm³/mol. The van der Waals surface area contributed by atoms with Gasteiger partial charge in [0, 0.05) is 31.4 Å². The summed E-state index contributed by atoms with van der Waals surface area (Å²) in [6.45, 7) is 3.10. The van der Waals surface area contributed by atoms with Gasteiger partial charge in [-0.1, -0.05) is 37.5 Å². The summed E-state index contributed by atoms with van der Waals surface area (Å²) in [5.41, 5.74) is 4.21. The molecular formula is C17H26N2O. The molecule has 0 atom stereocenters. The normalized spacial score (nSPS) is 19.1. The number of anilines is 1. The molecule has 20 heavy (non-hydrogen) atoms. The first kappa shape index (κ1) is 13.9. The highest BCUT2D eigenvalue weighted by molar-refractivity contribution is 5.61. The van der Waals surface area contributed by atoms with E-state index in [0.717, 1.165) is 26.1 Å². The molecule has 3 rings (SSSR count). The molecule has 0 bridgehead atoms. The molecular weight excluding hydrogens is 248 g/mol. The smallest absolute Gasteiger partial charge is 0.0558 e. The van der Waals surface area contributed by atoms with Crippen LogP contribution in [0.4, 0.5) is 5.69 Å². The van der Waals surface area contributed by atoms with Crippen molar-refractivity contribution >= 4 is 5.69 Å². The molecule has 1 aliphatic carbocycles. The summed E-state index contributed by atoms with van der Waals surface area (Å²) >= 11 is 0. The second-order valence-corrected chi connectivity index (χ2v) is 6.11. The zero-order chi connectivity index (χ0) is 13.8. The van der Waals surface area contributed by atoms with E-state index < -0.39 is 0 Å². The lowest BCUT2D eigenvalue weighted by Crippen LogP contribution is -2.38. The van der Waals surface area contributed by atoms with Crippen molar-refractivity contribution < 1.29 is 5.11 Å². The third-order valence-corrected chi connectivity index (χ3v) is 4.78. The Balaban J connectivity index is 1.74. The number of nitrogens with one attached hydrogen (secondary N) is 1. The minimum absolute atomic E-state index is 0.263. The first-order valence-electron chi connectivity index (χ1n) is 8.08. The number of para-hydroxylation sites is 1. The second-order valence-electron chi connectivity index (χ2n) is 6.11. The van der Waals surface area contributed by atoms with E-state index in [9.17, 15) is 5.11 Å². The van der Waals surface area contributed by atoms with Gasteiger partial charge in [0.2, 0.25) is 0 Å². The lowest BCUT2D eigenvalue weighted by molar-refractivity contribution is 0.117. The van der Waals surface area contributed by atoms with E-state index in [1.165, 1.54) is 48.9 Å². The molecule has 1 heterocycles. The van der Waals surface area contributed by atoms with Crippen LogP contribution < -0.4 is 5.32 Å². The number of aliphatic hydroxyl groups is 1. The van der Waals surface area contributed by atoms with Crippen LogP contribution in [0.3, 0.4) is 0 Å². The summed E-state index contributed by atoms with van der Waals surface area (Å²) in [5, 5.41) is 12.9. The van der Waals surface area contributed by atoms with Gasteiger partial charge in [-0.05, 0) is 30.4 Å². The van der Waals surface area contributed by atoms with Crippen LogP contribution in [-0.4, -0.2) is 35.7 Å². The van der Waals surface area contributed by atoms with Crippen LogP contribution in [0.1, 0.15) is 43.2 Å². The molecule has 0 aromatic heterocycles. The fourth-order valence-electron chi connectivity index (χ4n) is 3.73. The summed E-state index contributed by atoms with van der Waals surface area (Å²) in [7, 11) is 0. The number of hydrogen-bond donors (Lipinski definition) is 2. The average molecular weight is 274 g/mol. The van der Waals surface area contributed by atoms with Gasteiger partial charge < -0.3 is 10.4 Å². The minimum Gasteiger partial charge on any atom is -0.395 e. The minimum atomic E-state index is 0.263. The molecule has 0 radical (unpaired) electrons. The number of hydrogen-bond acceptors (Lipinski definition) is 3. The monoisotopic (exact) mass is 274 g/mol.